The molecule has 0 saturated carbocycles. The Balaban J connectivity index is 2.81. The zero-order valence-corrected chi connectivity index (χ0v) is 9.36. The molecule has 1 heterocycles. The van der Waals surface area contributed by atoms with Gasteiger partial charge < -0.3 is 10.2 Å². The fourth-order valence-electron chi connectivity index (χ4n) is 1.25. The molecule has 4 heteroatoms. The third-order valence-corrected chi connectivity index (χ3v) is 2.40. The van der Waals surface area contributed by atoms with Gasteiger partial charge in [-0.1, -0.05) is 6.07 Å². The van der Waals surface area contributed by atoms with E-state index in [1.807, 2.05) is 44.1 Å². The van der Waals surface area contributed by atoms with E-state index in [1.165, 1.54) is 0 Å². The fourth-order valence-corrected chi connectivity index (χ4v) is 1.25. The van der Waals surface area contributed by atoms with Crippen LogP contribution in [0.3, 0.4) is 0 Å². The van der Waals surface area contributed by atoms with Crippen molar-refractivity contribution < 1.29 is 0 Å². The summed E-state index contributed by atoms with van der Waals surface area (Å²) < 4.78 is 0. The lowest BCUT2D eigenvalue weighted by Gasteiger charge is -2.24. The van der Waals surface area contributed by atoms with E-state index in [1.54, 1.807) is 0 Å². The van der Waals surface area contributed by atoms with Crippen LogP contribution in [0.25, 0.3) is 0 Å². The number of hydrogen-bond acceptors (Lipinski definition) is 4. The van der Waals surface area contributed by atoms with Crippen LogP contribution in [0, 0.1) is 11.3 Å². The van der Waals surface area contributed by atoms with Crippen molar-refractivity contribution in [3.05, 3.63) is 18.2 Å². The van der Waals surface area contributed by atoms with Crippen LogP contribution in [0.1, 0.15) is 13.3 Å². The first-order valence-electron chi connectivity index (χ1n) is 4.93. The SMILES string of the molecule is CNc1cccc(N(C)C(C)CC#N)n1. The molecule has 1 aromatic heterocycles. The van der Waals surface area contributed by atoms with E-state index in [2.05, 4.69) is 16.4 Å². The highest BCUT2D eigenvalue weighted by molar-refractivity contribution is 5.46. The predicted molar refractivity (Wildman–Crippen MR) is 61.9 cm³/mol. The Morgan fingerprint density at radius 1 is 1.60 bits per heavy atom. The van der Waals surface area contributed by atoms with Gasteiger partial charge in [0, 0.05) is 20.1 Å². The van der Waals surface area contributed by atoms with Gasteiger partial charge in [-0.15, -0.1) is 0 Å². The van der Waals surface area contributed by atoms with E-state index in [-0.39, 0.29) is 6.04 Å². The summed E-state index contributed by atoms with van der Waals surface area (Å²) in [4.78, 5) is 6.40. The van der Waals surface area contributed by atoms with E-state index in [0.717, 1.165) is 11.6 Å². The van der Waals surface area contributed by atoms with E-state index in [9.17, 15) is 0 Å². The molecule has 1 atom stereocenters. The molecule has 1 rings (SSSR count). The predicted octanol–water partition coefficient (Wildman–Crippen LogP) is 1.86. The van der Waals surface area contributed by atoms with Gasteiger partial charge in [-0.2, -0.15) is 5.26 Å². The van der Waals surface area contributed by atoms with Crippen molar-refractivity contribution in [3.8, 4) is 6.07 Å². The lowest BCUT2D eigenvalue weighted by Crippen LogP contribution is -2.29. The van der Waals surface area contributed by atoms with Gasteiger partial charge in [0.2, 0.25) is 0 Å². The molecule has 1 unspecified atom stereocenters. The van der Waals surface area contributed by atoms with Crippen molar-refractivity contribution in [1.29, 1.82) is 5.26 Å². The third kappa shape index (κ3) is 2.84. The maximum Gasteiger partial charge on any atom is 0.130 e. The first kappa shape index (κ1) is 11.3. The van der Waals surface area contributed by atoms with Gasteiger partial charge in [-0.3, -0.25) is 0 Å². The molecule has 1 aromatic rings. The Kier molecular flexibility index (Phi) is 3.92. The third-order valence-electron chi connectivity index (χ3n) is 2.40. The van der Waals surface area contributed by atoms with Crippen molar-refractivity contribution >= 4 is 11.6 Å². The van der Waals surface area contributed by atoms with Crippen LogP contribution in [0.2, 0.25) is 0 Å². The van der Waals surface area contributed by atoms with E-state index in [0.29, 0.717) is 6.42 Å². The summed E-state index contributed by atoms with van der Waals surface area (Å²) >= 11 is 0. The van der Waals surface area contributed by atoms with Gasteiger partial charge in [0.05, 0.1) is 12.5 Å². The average molecular weight is 204 g/mol. The number of hydrogen-bond donors (Lipinski definition) is 1. The van der Waals surface area contributed by atoms with E-state index >= 15 is 0 Å². The molecule has 80 valence electrons. The molecule has 0 bridgehead atoms. The Labute approximate surface area is 90.5 Å². The van der Waals surface area contributed by atoms with Crippen LogP contribution < -0.4 is 10.2 Å². The van der Waals surface area contributed by atoms with Crippen LogP contribution in [-0.4, -0.2) is 25.1 Å². The number of nitriles is 1. The van der Waals surface area contributed by atoms with Crippen LogP contribution in [0.4, 0.5) is 11.6 Å². The van der Waals surface area contributed by atoms with Gasteiger partial charge in [-0.25, -0.2) is 4.98 Å². The first-order valence-corrected chi connectivity index (χ1v) is 4.93. The molecular weight excluding hydrogens is 188 g/mol. The van der Waals surface area contributed by atoms with Gasteiger partial charge >= 0.3 is 0 Å². The molecule has 0 radical (unpaired) electrons. The summed E-state index contributed by atoms with van der Waals surface area (Å²) in [5.41, 5.74) is 0. The lowest BCUT2D eigenvalue weighted by molar-refractivity contribution is 0.694. The Bertz CT molecular complexity index is 356. The average Bonchev–Trinajstić information content (AvgIpc) is 2.28. The number of rotatable bonds is 4. The zero-order valence-electron chi connectivity index (χ0n) is 9.36. The second-order valence-corrected chi connectivity index (χ2v) is 3.45. The minimum Gasteiger partial charge on any atom is -0.373 e. The summed E-state index contributed by atoms with van der Waals surface area (Å²) in [6.45, 7) is 2.01. The van der Waals surface area contributed by atoms with Gasteiger partial charge in [-0.05, 0) is 19.1 Å². The topological polar surface area (TPSA) is 52.0 Å². The minimum atomic E-state index is 0.176. The summed E-state index contributed by atoms with van der Waals surface area (Å²) in [6.07, 6.45) is 0.502. The Morgan fingerprint density at radius 3 is 2.93 bits per heavy atom. The highest BCUT2D eigenvalue weighted by Crippen LogP contribution is 2.15. The maximum absolute atomic E-state index is 8.62. The molecule has 4 nitrogen and oxygen atoms in total. The van der Waals surface area contributed by atoms with Crippen LogP contribution in [0.5, 0.6) is 0 Å². The highest BCUT2D eigenvalue weighted by Gasteiger charge is 2.10. The summed E-state index contributed by atoms with van der Waals surface area (Å²) in [5, 5.41) is 11.6. The molecule has 1 N–H and O–H groups in total. The number of nitrogens with one attached hydrogen (secondary N) is 1. The van der Waals surface area contributed by atoms with Crippen LogP contribution in [-0.2, 0) is 0 Å². The van der Waals surface area contributed by atoms with Gasteiger partial charge in [0.15, 0.2) is 0 Å². The van der Waals surface area contributed by atoms with Crippen molar-refractivity contribution in [2.24, 2.45) is 0 Å². The second-order valence-electron chi connectivity index (χ2n) is 3.45. The number of pyridine rings is 1. The van der Waals surface area contributed by atoms with Crippen molar-refractivity contribution in [1.82, 2.24) is 4.98 Å². The molecule has 0 saturated heterocycles. The van der Waals surface area contributed by atoms with Gasteiger partial charge in [0.1, 0.15) is 11.6 Å². The monoisotopic (exact) mass is 204 g/mol. The largest absolute Gasteiger partial charge is 0.373 e. The number of nitrogens with zero attached hydrogens (tertiary/aromatic N) is 3. The molecule has 0 aliphatic rings. The Morgan fingerprint density at radius 2 is 2.33 bits per heavy atom. The molecule has 0 amide bonds. The fraction of sp³-hybridized carbons (Fsp3) is 0.455. The molecule has 0 aliphatic heterocycles. The van der Waals surface area contributed by atoms with Gasteiger partial charge in [0.25, 0.3) is 0 Å². The number of anilines is 2. The molecule has 0 fully saturated rings. The summed E-state index contributed by atoms with van der Waals surface area (Å²) in [7, 11) is 3.79. The Hall–Kier alpha value is -1.76. The smallest absolute Gasteiger partial charge is 0.130 e. The lowest BCUT2D eigenvalue weighted by atomic mass is 10.2. The maximum atomic E-state index is 8.62. The normalized spacial score (nSPS) is 11.6. The summed E-state index contributed by atoms with van der Waals surface area (Å²) in [6, 6.07) is 8.13. The van der Waals surface area contributed by atoms with E-state index in [4.69, 9.17) is 5.26 Å². The summed E-state index contributed by atoms with van der Waals surface area (Å²) in [5.74, 6) is 1.72. The van der Waals surface area contributed by atoms with Crippen molar-refractivity contribution in [2.75, 3.05) is 24.3 Å². The highest BCUT2D eigenvalue weighted by atomic mass is 15.2. The molecule has 15 heavy (non-hydrogen) atoms. The zero-order chi connectivity index (χ0) is 11.3. The quantitative estimate of drug-likeness (QED) is 0.813. The standard InChI is InChI=1S/C11H16N4/c1-9(7-8-12)15(3)11-6-4-5-10(13-2)14-11/h4-6,9H,7H2,1-3H3,(H,13,14). The second kappa shape index (κ2) is 5.20. The van der Waals surface area contributed by atoms with Crippen molar-refractivity contribution in [2.45, 2.75) is 19.4 Å². The molecule has 0 aliphatic carbocycles. The van der Waals surface area contributed by atoms with Crippen LogP contribution >= 0.6 is 0 Å². The first-order chi connectivity index (χ1) is 7.19. The minimum absolute atomic E-state index is 0.176. The molecule has 0 aromatic carbocycles. The van der Waals surface area contributed by atoms with E-state index < -0.39 is 0 Å². The van der Waals surface area contributed by atoms with Crippen LogP contribution in [0.15, 0.2) is 18.2 Å². The van der Waals surface area contributed by atoms with Crippen molar-refractivity contribution in [3.63, 3.8) is 0 Å². The number of aromatic nitrogens is 1. The molecule has 0 spiro atoms. The molecular formula is C11H16N4.